The highest BCUT2D eigenvalue weighted by Crippen LogP contribution is 2.24. The smallest absolute Gasteiger partial charge is 0.250 e. The first-order valence-corrected chi connectivity index (χ1v) is 10.0. The van der Waals surface area contributed by atoms with Crippen molar-refractivity contribution in [2.45, 2.75) is 5.16 Å². The number of carbonyl (C=O) groups excluding carboxylic acids is 1. The number of hydrogen-bond donors (Lipinski definition) is 1. The van der Waals surface area contributed by atoms with E-state index in [0.29, 0.717) is 10.2 Å². The fourth-order valence-electron chi connectivity index (χ4n) is 2.25. The molecule has 27 heavy (non-hydrogen) atoms. The van der Waals surface area contributed by atoms with E-state index in [9.17, 15) is 4.79 Å². The summed E-state index contributed by atoms with van der Waals surface area (Å²) < 4.78 is 2.82. The molecule has 6 nitrogen and oxygen atoms in total. The van der Waals surface area contributed by atoms with Crippen LogP contribution in [0.5, 0.6) is 0 Å². The lowest BCUT2D eigenvalue weighted by atomic mass is 10.2. The van der Waals surface area contributed by atoms with Gasteiger partial charge in [-0.05, 0) is 29.8 Å². The summed E-state index contributed by atoms with van der Waals surface area (Å²) in [5, 5.41) is 13.6. The lowest BCUT2D eigenvalue weighted by Crippen LogP contribution is -2.19. The van der Waals surface area contributed by atoms with E-state index < -0.39 is 0 Å². The van der Waals surface area contributed by atoms with Gasteiger partial charge in [-0.2, -0.15) is 5.10 Å². The average Bonchev–Trinajstić information content (AvgIpc) is 3.01. The molecule has 0 atom stereocenters. The Morgan fingerprint density at radius 1 is 1.30 bits per heavy atom. The molecule has 2 aromatic carbocycles. The Morgan fingerprint density at radius 3 is 2.89 bits per heavy atom. The van der Waals surface area contributed by atoms with Gasteiger partial charge in [0.1, 0.15) is 0 Å². The number of nitrogens with zero attached hydrogens (tertiary/aromatic N) is 4. The number of amides is 1. The van der Waals surface area contributed by atoms with Gasteiger partial charge in [0.25, 0.3) is 5.91 Å². The van der Waals surface area contributed by atoms with E-state index in [2.05, 4.69) is 36.7 Å². The maximum absolute atomic E-state index is 12.0. The van der Waals surface area contributed by atoms with Crippen molar-refractivity contribution in [3.63, 3.8) is 0 Å². The quantitative estimate of drug-likeness (QED) is 0.338. The number of halogens is 2. The molecular weight excluding hydrogens is 450 g/mol. The van der Waals surface area contributed by atoms with Gasteiger partial charge in [-0.1, -0.05) is 63.6 Å². The van der Waals surface area contributed by atoms with Crippen molar-refractivity contribution in [1.29, 1.82) is 0 Å². The summed E-state index contributed by atoms with van der Waals surface area (Å²) in [5.41, 5.74) is 4.24. The van der Waals surface area contributed by atoms with Crippen LogP contribution in [0.2, 0.25) is 5.02 Å². The molecule has 0 saturated heterocycles. The van der Waals surface area contributed by atoms with E-state index in [1.165, 1.54) is 11.8 Å². The zero-order valence-corrected chi connectivity index (χ0v) is 17.4. The molecule has 1 aromatic heterocycles. The molecule has 9 heteroatoms. The molecule has 0 bridgehead atoms. The van der Waals surface area contributed by atoms with E-state index >= 15 is 0 Å². The molecule has 3 rings (SSSR count). The Hall–Kier alpha value is -2.16. The van der Waals surface area contributed by atoms with Gasteiger partial charge in [-0.15, -0.1) is 10.2 Å². The topological polar surface area (TPSA) is 72.2 Å². The van der Waals surface area contributed by atoms with Crippen LogP contribution in [0.3, 0.4) is 0 Å². The van der Waals surface area contributed by atoms with Crippen molar-refractivity contribution in [3.05, 3.63) is 63.6 Å². The largest absolute Gasteiger partial charge is 0.305 e. The van der Waals surface area contributed by atoms with Crippen molar-refractivity contribution < 1.29 is 4.79 Å². The summed E-state index contributed by atoms with van der Waals surface area (Å²) in [6, 6.07) is 15.0. The van der Waals surface area contributed by atoms with Gasteiger partial charge < -0.3 is 4.57 Å². The molecule has 0 radical (unpaired) electrons. The van der Waals surface area contributed by atoms with Gasteiger partial charge in [0.05, 0.1) is 12.0 Å². The molecule has 3 aromatic rings. The van der Waals surface area contributed by atoms with Crippen molar-refractivity contribution in [2.24, 2.45) is 12.1 Å². The molecule has 0 aliphatic carbocycles. The highest BCUT2D eigenvalue weighted by molar-refractivity contribution is 9.10. The Morgan fingerprint density at radius 2 is 2.11 bits per heavy atom. The predicted molar refractivity (Wildman–Crippen MR) is 112 cm³/mol. The maximum atomic E-state index is 12.0. The third-order valence-corrected chi connectivity index (χ3v) is 5.25. The normalized spacial score (nSPS) is 11.1. The number of thioether (sulfide) groups is 1. The molecule has 138 valence electrons. The van der Waals surface area contributed by atoms with E-state index in [-0.39, 0.29) is 11.7 Å². The van der Waals surface area contributed by atoms with Crippen molar-refractivity contribution in [3.8, 4) is 11.4 Å². The Kier molecular flexibility index (Phi) is 6.65. The van der Waals surface area contributed by atoms with Crippen LogP contribution in [0.1, 0.15) is 5.56 Å². The minimum absolute atomic E-state index is 0.178. The predicted octanol–water partition coefficient (Wildman–Crippen LogP) is 4.14. The fraction of sp³-hybridized carbons (Fsp3) is 0.111. The van der Waals surface area contributed by atoms with Crippen LogP contribution < -0.4 is 5.43 Å². The van der Waals surface area contributed by atoms with Crippen LogP contribution in [0.25, 0.3) is 11.4 Å². The van der Waals surface area contributed by atoms with Crippen LogP contribution in [0.4, 0.5) is 0 Å². The van der Waals surface area contributed by atoms with Gasteiger partial charge >= 0.3 is 0 Å². The summed E-state index contributed by atoms with van der Waals surface area (Å²) in [6.07, 6.45) is 1.54. The van der Waals surface area contributed by atoms with Crippen LogP contribution >= 0.6 is 39.3 Å². The Labute approximate surface area is 174 Å². The molecule has 0 saturated carbocycles. The second-order valence-corrected chi connectivity index (χ2v) is 7.81. The molecule has 0 fully saturated rings. The molecule has 0 spiro atoms. The number of nitrogens with one attached hydrogen (secondary N) is 1. The van der Waals surface area contributed by atoms with E-state index in [1.54, 1.807) is 18.3 Å². The van der Waals surface area contributed by atoms with Crippen molar-refractivity contribution in [2.75, 3.05) is 5.75 Å². The molecule has 0 unspecified atom stereocenters. The SMILES string of the molecule is Cn1c(SCC(=O)N/N=C/c2cccc(Cl)c2)nnc1-c1cccc(Br)c1. The van der Waals surface area contributed by atoms with Gasteiger partial charge in [0.2, 0.25) is 0 Å². The summed E-state index contributed by atoms with van der Waals surface area (Å²) in [5.74, 6) is 0.681. The monoisotopic (exact) mass is 463 g/mol. The zero-order valence-electron chi connectivity index (χ0n) is 14.3. The zero-order chi connectivity index (χ0) is 19.2. The van der Waals surface area contributed by atoms with Crippen LogP contribution in [-0.4, -0.2) is 32.6 Å². The highest BCUT2D eigenvalue weighted by Gasteiger charge is 2.13. The minimum Gasteiger partial charge on any atom is -0.305 e. The van der Waals surface area contributed by atoms with Crippen LogP contribution in [0.15, 0.2) is 63.3 Å². The fourth-order valence-corrected chi connectivity index (χ4v) is 3.55. The number of hydrogen-bond acceptors (Lipinski definition) is 5. The van der Waals surface area contributed by atoms with Gasteiger partial charge in [0.15, 0.2) is 11.0 Å². The number of hydrazone groups is 1. The third-order valence-electron chi connectivity index (χ3n) is 3.50. The summed E-state index contributed by atoms with van der Waals surface area (Å²) in [7, 11) is 1.87. The van der Waals surface area contributed by atoms with Crippen molar-refractivity contribution in [1.82, 2.24) is 20.2 Å². The average molecular weight is 465 g/mol. The lowest BCUT2D eigenvalue weighted by Gasteiger charge is -2.04. The maximum Gasteiger partial charge on any atom is 0.250 e. The lowest BCUT2D eigenvalue weighted by molar-refractivity contribution is -0.118. The summed E-state index contributed by atoms with van der Waals surface area (Å²) in [4.78, 5) is 12.0. The summed E-state index contributed by atoms with van der Waals surface area (Å²) >= 11 is 10.6. The second-order valence-electron chi connectivity index (χ2n) is 5.51. The third kappa shape index (κ3) is 5.41. The molecule has 1 N–H and O–H groups in total. The minimum atomic E-state index is -0.231. The van der Waals surface area contributed by atoms with Gasteiger partial charge in [-0.3, -0.25) is 4.79 Å². The van der Waals surface area contributed by atoms with Gasteiger partial charge in [-0.25, -0.2) is 5.43 Å². The second kappa shape index (κ2) is 9.16. The first-order valence-electron chi connectivity index (χ1n) is 7.88. The van der Waals surface area contributed by atoms with Gasteiger partial charge in [0, 0.05) is 22.1 Å². The van der Waals surface area contributed by atoms with E-state index in [4.69, 9.17) is 11.6 Å². The number of aromatic nitrogens is 3. The molecule has 1 amide bonds. The first-order chi connectivity index (χ1) is 13.0. The first kappa shape index (κ1) is 19.6. The van der Waals surface area contributed by atoms with E-state index in [1.807, 2.05) is 48.0 Å². The molecule has 1 heterocycles. The van der Waals surface area contributed by atoms with E-state index in [0.717, 1.165) is 21.4 Å². The Bertz CT molecular complexity index is 991. The molecule has 0 aliphatic heterocycles. The van der Waals surface area contributed by atoms with Crippen LogP contribution in [0, 0.1) is 0 Å². The molecule has 0 aliphatic rings. The number of rotatable bonds is 6. The number of benzene rings is 2. The van der Waals surface area contributed by atoms with Crippen LogP contribution in [-0.2, 0) is 11.8 Å². The van der Waals surface area contributed by atoms with Crippen molar-refractivity contribution >= 4 is 51.4 Å². The molecular formula is C18H15BrClN5OS. The summed E-state index contributed by atoms with van der Waals surface area (Å²) in [6.45, 7) is 0. The number of carbonyl (C=O) groups is 1. The Balaban J connectivity index is 1.56. The standard InChI is InChI=1S/C18H15BrClN5OS/c1-25-17(13-5-3-6-14(19)9-13)23-24-18(25)27-11-16(26)22-21-10-12-4-2-7-15(20)8-12/h2-10H,11H2,1H3,(H,22,26)/b21-10+. The highest BCUT2D eigenvalue weighted by atomic mass is 79.9.